The molecule has 9 heteroatoms. The van der Waals surface area contributed by atoms with Crippen molar-refractivity contribution < 1.29 is 22.7 Å². The van der Waals surface area contributed by atoms with Crippen molar-refractivity contribution in [2.75, 3.05) is 38.7 Å². The van der Waals surface area contributed by atoms with Crippen LogP contribution in [0.4, 0.5) is 5.69 Å². The number of amides is 1. The van der Waals surface area contributed by atoms with E-state index < -0.39 is 22.6 Å². The molecule has 1 atom stereocenters. The second kappa shape index (κ2) is 10.1. The summed E-state index contributed by atoms with van der Waals surface area (Å²) < 4.78 is 31.3. The van der Waals surface area contributed by atoms with Gasteiger partial charge in [-0.15, -0.1) is 0 Å². The molecule has 0 aliphatic carbocycles. The van der Waals surface area contributed by atoms with Crippen LogP contribution in [0.1, 0.15) is 49.9 Å². The zero-order valence-corrected chi connectivity index (χ0v) is 18.4. The molecule has 0 radical (unpaired) electrons. The lowest BCUT2D eigenvalue weighted by Gasteiger charge is -2.22. The molecule has 29 heavy (non-hydrogen) atoms. The molecule has 1 aromatic carbocycles. The zero-order valence-electron chi connectivity index (χ0n) is 17.6. The number of benzene rings is 1. The standard InChI is InChI=1S/C20H31N3O5S/c1-5-8-15(2)21-19(24)14-28-20(25)17-13-16(29(26,27)22(3)4)9-10-18(17)23-11-6-7-12-23/h9-10,13,15H,5-8,11-12,14H2,1-4H3,(H,21,24). The molecule has 0 saturated carbocycles. The lowest BCUT2D eigenvalue weighted by Crippen LogP contribution is -2.35. The number of hydrogen-bond donors (Lipinski definition) is 1. The maximum absolute atomic E-state index is 12.7. The molecule has 1 fully saturated rings. The molecule has 1 N–H and O–H groups in total. The number of anilines is 1. The average molecular weight is 426 g/mol. The average Bonchev–Trinajstić information content (AvgIpc) is 3.20. The first-order valence-electron chi connectivity index (χ1n) is 9.94. The summed E-state index contributed by atoms with van der Waals surface area (Å²) in [5.74, 6) is -1.08. The molecule has 1 saturated heterocycles. The van der Waals surface area contributed by atoms with E-state index in [1.807, 2.05) is 18.7 Å². The Hall–Kier alpha value is -2.13. The van der Waals surface area contributed by atoms with E-state index in [1.54, 1.807) is 6.07 Å². The molecule has 1 heterocycles. The fraction of sp³-hybridized carbons (Fsp3) is 0.600. The molecule has 1 unspecified atom stereocenters. The smallest absolute Gasteiger partial charge is 0.340 e. The lowest BCUT2D eigenvalue weighted by atomic mass is 10.1. The number of sulfonamides is 1. The highest BCUT2D eigenvalue weighted by atomic mass is 32.2. The number of hydrogen-bond acceptors (Lipinski definition) is 6. The van der Waals surface area contributed by atoms with Gasteiger partial charge in [-0.2, -0.15) is 0 Å². The molecule has 8 nitrogen and oxygen atoms in total. The third kappa shape index (κ3) is 5.93. The maximum Gasteiger partial charge on any atom is 0.340 e. The van der Waals surface area contributed by atoms with E-state index in [0.29, 0.717) is 5.69 Å². The molecule has 0 aromatic heterocycles. The van der Waals surface area contributed by atoms with E-state index in [9.17, 15) is 18.0 Å². The van der Waals surface area contributed by atoms with Gasteiger partial charge in [0.1, 0.15) is 0 Å². The van der Waals surface area contributed by atoms with E-state index in [1.165, 1.54) is 26.2 Å². The Morgan fingerprint density at radius 1 is 1.24 bits per heavy atom. The van der Waals surface area contributed by atoms with Crippen LogP contribution in [0, 0.1) is 0 Å². The lowest BCUT2D eigenvalue weighted by molar-refractivity contribution is -0.124. The Morgan fingerprint density at radius 3 is 2.48 bits per heavy atom. The van der Waals surface area contributed by atoms with Gasteiger partial charge in [-0.3, -0.25) is 4.79 Å². The predicted octanol–water partition coefficient (Wildman–Crippen LogP) is 2.00. The Balaban J connectivity index is 2.23. The summed E-state index contributed by atoms with van der Waals surface area (Å²) in [6, 6.07) is 4.48. The monoisotopic (exact) mass is 425 g/mol. The largest absolute Gasteiger partial charge is 0.452 e. The Bertz CT molecular complexity index is 833. The minimum atomic E-state index is -3.70. The SMILES string of the molecule is CCCC(C)NC(=O)COC(=O)c1cc(S(=O)(=O)N(C)C)ccc1N1CCCC1. The molecule has 0 spiro atoms. The second-order valence-corrected chi connectivity index (χ2v) is 9.65. The number of carbonyl (C=O) groups excluding carboxylic acids is 2. The number of carbonyl (C=O) groups is 2. The summed E-state index contributed by atoms with van der Waals surface area (Å²) in [7, 11) is -0.831. The van der Waals surface area contributed by atoms with E-state index in [0.717, 1.165) is 43.1 Å². The highest BCUT2D eigenvalue weighted by Gasteiger charge is 2.25. The van der Waals surface area contributed by atoms with Crippen LogP contribution in [0.2, 0.25) is 0 Å². The van der Waals surface area contributed by atoms with Crippen LogP contribution < -0.4 is 10.2 Å². The van der Waals surface area contributed by atoms with Crippen molar-refractivity contribution in [3.63, 3.8) is 0 Å². The van der Waals surface area contributed by atoms with Gasteiger partial charge in [-0.1, -0.05) is 13.3 Å². The predicted molar refractivity (Wildman–Crippen MR) is 112 cm³/mol. The van der Waals surface area contributed by atoms with Gasteiger partial charge in [-0.05, 0) is 44.4 Å². The molecule has 1 aliphatic rings. The van der Waals surface area contributed by atoms with Crippen molar-refractivity contribution in [2.24, 2.45) is 0 Å². The van der Waals surface area contributed by atoms with Gasteiger partial charge in [0, 0.05) is 33.2 Å². The summed E-state index contributed by atoms with van der Waals surface area (Å²) >= 11 is 0. The molecule has 1 aromatic rings. The van der Waals surface area contributed by atoms with Crippen molar-refractivity contribution in [1.82, 2.24) is 9.62 Å². The van der Waals surface area contributed by atoms with Crippen LogP contribution >= 0.6 is 0 Å². The summed E-state index contributed by atoms with van der Waals surface area (Å²) in [6.45, 7) is 5.09. The molecule has 2 rings (SSSR count). The fourth-order valence-electron chi connectivity index (χ4n) is 3.31. The Kier molecular flexibility index (Phi) is 8.04. The number of nitrogens with one attached hydrogen (secondary N) is 1. The number of rotatable bonds is 9. The zero-order chi connectivity index (χ0) is 21.6. The Labute approximate surface area is 173 Å². The molecule has 162 valence electrons. The van der Waals surface area contributed by atoms with Crippen LogP contribution in [-0.2, 0) is 19.6 Å². The van der Waals surface area contributed by atoms with Gasteiger partial charge in [0.25, 0.3) is 5.91 Å². The molecule has 0 bridgehead atoms. The van der Waals surface area contributed by atoms with Crippen LogP contribution in [0.25, 0.3) is 0 Å². The summed E-state index contributed by atoms with van der Waals surface area (Å²) in [5.41, 5.74) is 0.786. The third-order valence-electron chi connectivity index (χ3n) is 4.88. The van der Waals surface area contributed by atoms with E-state index >= 15 is 0 Å². The quantitative estimate of drug-likeness (QED) is 0.608. The molecular formula is C20H31N3O5S. The van der Waals surface area contributed by atoms with Gasteiger partial charge in [0.2, 0.25) is 10.0 Å². The first kappa shape index (κ1) is 23.2. The summed E-state index contributed by atoms with van der Waals surface area (Å²) in [4.78, 5) is 26.8. The van der Waals surface area contributed by atoms with E-state index in [2.05, 4.69) is 5.32 Å². The maximum atomic E-state index is 12.7. The number of esters is 1. The normalized spacial score (nSPS) is 15.4. The molecule has 1 aliphatic heterocycles. The minimum absolute atomic E-state index is 0.0000692. The van der Waals surface area contributed by atoms with Crippen LogP contribution in [0.15, 0.2) is 23.1 Å². The van der Waals surface area contributed by atoms with Crippen LogP contribution in [0.5, 0.6) is 0 Å². The summed E-state index contributed by atoms with van der Waals surface area (Å²) in [6.07, 6.45) is 3.78. The van der Waals surface area contributed by atoms with Gasteiger partial charge < -0.3 is 15.0 Å². The van der Waals surface area contributed by atoms with Crippen molar-refractivity contribution in [2.45, 2.75) is 50.5 Å². The number of nitrogens with zero attached hydrogens (tertiary/aromatic N) is 2. The first-order chi connectivity index (χ1) is 13.7. The third-order valence-corrected chi connectivity index (χ3v) is 6.69. The van der Waals surface area contributed by atoms with Crippen molar-refractivity contribution in [3.05, 3.63) is 23.8 Å². The van der Waals surface area contributed by atoms with Crippen molar-refractivity contribution in [1.29, 1.82) is 0 Å². The van der Waals surface area contributed by atoms with Crippen molar-refractivity contribution in [3.8, 4) is 0 Å². The highest BCUT2D eigenvalue weighted by Crippen LogP contribution is 2.28. The van der Waals surface area contributed by atoms with Crippen molar-refractivity contribution >= 4 is 27.6 Å². The van der Waals surface area contributed by atoms with E-state index in [-0.39, 0.29) is 22.4 Å². The van der Waals surface area contributed by atoms with Gasteiger partial charge in [0.05, 0.1) is 16.1 Å². The Morgan fingerprint density at radius 2 is 1.90 bits per heavy atom. The minimum Gasteiger partial charge on any atom is -0.452 e. The van der Waals surface area contributed by atoms with Gasteiger partial charge in [-0.25, -0.2) is 17.5 Å². The first-order valence-corrected chi connectivity index (χ1v) is 11.4. The van der Waals surface area contributed by atoms with Gasteiger partial charge >= 0.3 is 5.97 Å². The van der Waals surface area contributed by atoms with E-state index in [4.69, 9.17) is 4.74 Å². The number of ether oxygens (including phenoxy) is 1. The fourth-order valence-corrected chi connectivity index (χ4v) is 4.24. The molecule has 1 amide bonds. The van der Waals surface area contributed by atoms with Crippen LogP contribution in [-0.4, -0.2) is 64.4 Å². The highest BCUT2D eigenvalue weighted by molar-refractivity contribution is 7.89. The molecular weight excluding hydrogens is 394 g/mol. The van der Waals surface area contributed by atoms with Crippen LogP contribution in [0.3, 0.4) is 0 Å². The summed E-state index contributed by atoms with van der Waals surface area (Å²) in [5, 5.41) is 2.78. The van der Waals surface area contributed by atoms with Gasteiger partial charge in [0.15, 0.2) is 6.61 Å². The second-order valence-electron chi connectivity index (χ2n) is 7.49. The topological polar surface area (TPSA) is 96.0 Å².